The maximum atomic E-state index is 11.2. The van der Waals surface area contributed by atoms with E-state index < -0.39 is 6.10 Å². The Morgan fingerprint density at radius 2 is 1.82 bits per heavy atom. The number of ether oxygens (including phenoxy) is 2. The first-order valence-corrected chi connectivity index (χ1v) is 5.93. The third-order valence-electron chi connectivity index (χ3n) is 2.91. The minimum Gasteiger partial charge on any atom is -0.479 e. The van der Waals surface area contributed by atoms with Gasteiger partial charge < -0.3 is 9.47 Å². The molecule has 1 aromatic carbocycles. The highest BCUT2D eigenvalue weighted by Crippen LogP contribution is 2.22. The zero-order valence-electron chi connectivity index (χ0n) is 10.9. The largest absolute Gasteiger partial charge is 0.479 e. The fourth-order valence-corrected chi connectivity index (χ4v) is 1.53. The van der Waals surface area contributed by atoms with Crippen molar-refractivity contribution in [2.45, 2.75) is 39.2 Å². The van der Waals surface area contributed by atoms with Crippen LogP contribution in [0.2, 0.25) is 0 Å². The summed E-state index contributed by atoms with van der Waals surface area (Å²) in [7, 11) is 1.36. The van der Waals surface area contributed by atoms with Gasteiger partial charge in [0, 0.05) is 0 Å². The van der Waals surface area contributed by atoms with E-state index >= 15 is 0 Å². The molecule has 0 spiro atoms. The van der Waals surface area contributed by atoms with Gasteiger partial charge in [-0.25, -0.2) is 4.79 Å². The van der Waals surface area contributed by atoms with E-state index in [4.69, 9.17) is 4.74 Å². The summed E-state index contributed by atoms with van der Waals surface area (Å²) in [5.41, 5.74) is 1.28. The molecule has 1 unspecified atom stereocenters. The number of rotatable bonds is 5. The van der Waals surface area contributed by atoms with Crippen molar-refractivity contribution >= 4 is 5.97 Å². The second kappa shape index (κ2) is 6.28. The second-order valence-electron chi connectivity index (χ2n) is 4.16. The molecule has 0 aliphatic carbocycles. The maximum absolute atomic E-state index is 11.2. The van der Waals surface area contributed by atoms with Gasteiger partial charge in [0.25, 0.3) is 0 Å². The van der Waals surface area contributed by atoms with Crippen LogP contribution in [-0.2, 0) is 9.53 Å². The van der Waals surface area contributed by atoms with Crippen molar-refractivity contribution < 1.29 is 14.3 Å². The van der Waals surface area contributed by atoms with E-state index in [1.54, 1.807) is 6.92 Å². The van der Waals surface area contributed by atoms with Gasteiger partial charge in [-0.05, 0) is 37.0 Å². The molecule has 0 fully saturated rings. The maximum Gasteiger partial charge on any atom is 0.346 e. The molecule has 17 heavy (non-hydrogen) atoms. The molecule has 94 valence electrons. The number of hydrogen-bond donors (Lipinski definition) is 0. The average molecular weight is 236 g/mol. The van der Waals surface area contributed by atoms with Gasteiger partial charge in [0.1, 0.15) is 5.75 Å². The molecular formula is C14H20O3. The minimum atomic E-state index is -0.575. The zero-order valence-corrected chi connectivity index (χ0v) is 10.9. The Labute approximate surface area is 103 Å². The van der Waals surface area contributed by atoms with Gasteiger partial charge in [0.2, 0.25) is 0 Å². The summed E-state index contributed by atoms with van der Waals surface area (Å²) < 4.78 is 10.1. The smallest absolute Gasteiger partial charge is 0.346 e. The Kier molecular flexibility index (Phi) is 5.01. The van der Waals surface area contributed by atoms with Crippen molar-refractivity contribution in [3.8, 4) is 5.75 Å². The zero-order chi connectivity index (χ0) is 12.8. The number of benzene rings is 1. The first-order chi connectivity index (χ1) is 8.08. The van der Waals surface area contributed by atoms with Crippen LogP contribution < -0.4 is 4.74 Å². The molecule has 1 aromatic rings. The van der Waals surface area contributed by atoms with Crippen LogP contribution in [0, 0.1) is 0 Å². The minimum absolute atomic E-state index is 0.365. The summed E-state index contributed by atoms with van der Waals surface area (Å²) in [5, 5.41) is 0. The van der Waals surface area contributed by atoms with Crippen LogP contribution >= 0.6 is 0 Å². The predicted octanol–water partition coefficient (Wildman–Crippen LogP) is 3.14. The SMILES string of the molecule is CCC(C)c1ccc(O[C@@H](C)C(=O)OC)cc1. The van der Waals surface area contributed by atoms with E-state index in [2.05, 4.69) is 18.6 Å². The molecule has 0 saturated carbocycles. The van der Waals surface area contributed by atoms with Crippen LogP contribution in [0.1, 0.15) is 38.7 Å². The molecule has 3 nitrogen and oxygen atoms in total. The summed E-state index contributed by atoms with van der Waals surface area (Å²) in [6.07, 6.45) is 0.535. The third-order valence-corrected chi connectivity index (χ3v) is 2.91. The van der Waals surface area contributed by atoms with Gasteiger partial charge >= 0.3 is 5.97 Å². The summed E-state index contributed by atoms with van der Waals surface area (Å²) in [4.78, 5) is 11.2. The van der Waals surface area contributed by atoms with Gasteiger partial charge in [-0.2, -0.15) is 0 Å². The molecule has 0 heterocycles. The molecule has 1 rings (SSSR count). The lowest BCUT2D eigenvalue weighted by atomic mass is 9.99. The van der Waals surface area contributed by atoms with Gasteiger partial charge in [0.15, 0.2) is 6.10 Å². The summed E-state index contributed by atoms with van der Waals surface area (Å²) >= 11 is 0. The molecule has 0 aliphatic heterocycles. The van der Waals surface area contributed by atoms with Crippen LogP contribution in [-0.4, -0.2) is 19.2 Å². The Balaban J connectivity index is 2.65. The van der Waals surface area contributed by atoms with E-state index in [1.807, 2.05) is 24.3 Å². The van der Waals surface area contributed by atoms with Crippen molar-refractivity contribution in [3.63, 3.8) is 0 Å². The second-order valence-corrected chi connectivity index (χ2v) is 4.16. The standard InChI is InChI=1S/C14H20O3/c1-5-10(2)12-6-8-13(9-7-12)17-11(3)14(15)16-4/h6-11H,5H2,1-4H3/t10?,11-/m0/s1. The van der Waals surface area contributed by atoms with Crippen molar-refractivity contribution in [3.05, 3.63) is 29.8 Å². The van der Waals surface area contributed by atoms with Crippen LogP contribution in [0.15, 0.2) is 24.3 Å². The molecule has 0 saturated heterocycles. The Bertz CT molecular complexity index is 356. The predicted molar refractivity (Wildman–Crippen MR) is 67.3 cm³/mol. The molecule has 2 atom stereocenters. The first kappa shape index (κ1) is 13.6. The van der Waals surface area contributed by atoms with Gasteiger partial charge in [-0.3, -0.25) is 0 Å². The molecule has 0 aromatic heterocycles. The molecule has 0 bridgehead atoms. The Morgan fingerprint density at radius 1 is 1.24 bits per heavy atom. The fourth-order valence-electron chi connectivity index (χ4n) is 1.53. The summed E-state index contributed by atoms with van der Waals surface area (Å²) in [6.45, 7) is 6.02. The monoisotopic (exact) mass is 236 g/mol. The molecular weight excluding hydrogens is 216 g/mol. The number of esters is 1. The lowest BCUT2D eigenvalue weighted by molar-refractivity contribution is -0.147. The quantitative estimate of drug-likeness (QED) is 0.737. The number of carbonyl (C=O) groups excluding carboxylic acids is 1. The number of hydrogen-bond acceptors (Lipinski definition) is 3. The summed E-state index contributed by atoms with van der Waals surface area (Å²) in [6, 6.07) is 7.85. The van der Waals surface area contributed by atoms with Crippen LogP contribution in [0.3, 0.4) is 0 Å². The number of carbonyl (C=O) groups is 1. The van der Waals surface area contributed by atoms with E-state index in [9.17, 15) is 4.79 Å². The van der Waals surface area contributed by atoms with Crippen molar-refractivity contribution in [1.82, 2.24) is 0 Å². The highest BCUT2D eigenvalue weighted by molar-refractivity contribution is 5.74. The average Bonchev–Trinajstić information content (AvgIpc) is 2.37. The van der Waals surface area contributed by atoms with Crippen LogP contribution in [0.4, 0.5) is 0 Å². The van der Waals surface area contributed by atoms with Crippen LogP contribution in [0.5, 0.6) is 5.75 Å². The van der Waals surface area contributed by atoms with Crippen LogP contribution in [0.25, 0.3) is 0 Å². The topological polar surface area (TPSA) is 35.5 Å². The van der Waals surface area contributed by atoms with Gasteiger partial charge in [0.05, 0.1) is 7.11 Å². The molecule has 3 heteroatoms. The highest BCUT2D eigenvalue weighted by Gasteiger charge is 2.14. The van der Waals surface area contributed by atoms with E-state index in [0.717, 1.165) is 6.42 Å². The normalized spacial score (nSPS) is 13.9. The van der Waals surface area contributed by atoms with Crippen molar-refractivity contribution in [2.75, 3.05) is 7.11 Å². The highest BCUT2D eigenvalue weighted by atomic mass is 16.6. The van der Waals surface area contributed by atoms with Crippen molar-refractivity contribution in [1.29, 1.82) is 0 Å². The van der Waals surface area contributed by atoms with E-state index in [0.29, 0.717) is 11.7 Å². The third kappa shape index (κ3) is 3.77. The molecule has 0 amide bonds. The van der Waals surface area contributed by atoms with Crippen molar-refractivity contribution in [2.24, 2.45) is 0 Å². The Morgan fingerprint density at radius 3 is 2.29 bits per heavy atom. The van der Waals surface area contributed by atoms with Gasteiger partial charge in [-0.1, -0.05) is 26.0 Å². The van der Waals surface area contributed by atoms with Gasteiger partial charge in [-0.15, -0.1) is 0 Å². The molecule has 0 radical (unpaired) electrons. The fraction of sp³-hybridized carbons (Fsp3) is 0.500. The summed E-state index contributed by atoms with van der Waals surface area (Å²) in [5.74, 6) is 0.869. The molecule has 0 aliphatic rings. The van der Waals surface area contributed by atoms with E-state index in [-0.39, 0.29) is 5.97 Å². The lowest BCUT2D eigenvalue weighted by Gasteiger charge is -2.14. The lowest BCUT2D eigenvalue weighted by Crippen LogP contribution is -2.24. The number of methoxy groups -OCH3 is 1. The van der Waals surface area contributed by atoms with E-state index in [1.165, 1.54) is 12.7 Å². The molecule has 0 N–H and O–H groups in total. The Hall–Kier alpha value is -1.51. The first-order valence-electron chi connectivity index (χ1n) is 5.93.